The SMILES string of the molecule is C.C.C.C1CCOC1.CN(C)CCSSCCN(C)C.C[N+](C)(CCCS(=O)(=O)[O-])CCSSCC[N+](C)(C)CCCS(=O)(=O)[O-].ClCCSSCCCl.N[N-]O.OCCSSCCO.[2H]CC.[Cl-].[Cl-].[Na+]. The zero-order valence-corrected chi connectivity index (χ0v) is 54.9. The molecule has 0 atom stereocenters. The van der Waals surface area contributed by atoms with Gasteiger partial charge in [0, 0.05) is 98.3 Å². The fourth-order valence-electron chi connectivity index (χ4n) is 3.69. The van der Waals surface area contributed by atoms with E-state index in [2.05, 4.69) is 43.8 Å². The molecule has 1 rings (SSSR count). The molecule has 1 heterocycles. The third-order valence-electron chi connectivity index (χ3n) is 6.95. The van der Waals surface area contributed by atoms with Gasteiger partial charge in [-0.15, -0.1) is 23.2 Å². The number of nitrogens with two attached hydrogens (primary N) is 1. The summed E-state index contributed by atoms with van der Waals surface area (Å²) in [6.07, 6.45) is 3.31. The minimum absolute atomic E-state index is 0. The summed E-state index contributed by atoms with van der Waals surface area (Å²) in [5.41, 5.74) is 2.00. The normalized spacial score (nSPS) is 11.6. The summed E-state index contributed by atoms with van der Waals surface area (Å²) in [6.45, 7) is 10.2. The monoisotopic (exact) mass is 1300 g/mol. The van der Waals surface area contributed by atoms with Crippen molar-refractivity contribution in [2.75, 3.05) is 191 Å². The Morgan fingerprint density at radius 3 is 1.10 bits per heavy atom. The van der Waals surface area contributed by atoms with E-state index in [0.29, 0.717) is 41.8 Å². The molecule has 0 saturated carbocycles. The van der Waals surface area contributed by atoms with Gasteiger partial charge in [-0.2, -0.15) is 0 Å². The van der Waals surface area contributed by atoms with E-state index in [4.69, 9.17) is 44.7 Å². The predicted octanol–water partition coefficient (Wildman–Crippen LogP) is -0.554. The van der Waals surface area contributed by atoms with Crippen LogP contribution in [-0.2, 0) is 25.0 Å². The Morgan fingerprint density at radius 2 is 0.886 bits per heavy atom. The molecule has 1 saturated heterocycles. The molecule has 70 heavy (non-hydrogen) atoms. The number of quaternary nitrogens is 2. The second-order valence-electron chi connectivity index (χ2n) is 14.4. The molecule has 0 aliphatic carbocycles. The summed E-state index contributed by atoms with van der Waals surface area (Å²) < 4.78 is 76.3. The van der Waals surface area contributed by atoms with Crippen LogP contribution in [0.15, 0.2) is 0 Å². The number of aliphatic hydroxyl groups excluding tert-OH is 2. The predicted molar refractivity (Wildman–Crippen MR) is 315 cm³/mol. The molecule has 0 spiro atoms. The molecule has 16 nitrogen and oxygen atoms in total. The Morgan fingerprint density at radius 1 is 0.629 bits per heavy atom. The van der Waals surface area contributed by atoms with Gasteiger partial charge in [0.05, 0.1) is 99.3 Å². The van der Waals surface area contributed by atoms with E-state index in [-0.39, 0.29) is 101 Å². The number of aliphatic hydroxyl groups is 2. The average molecular weight is 1300 g/mol. The third-order valence-corrected chi connectivity index (χ3v) is 18.9. The van der Waals surface area contributed by atoms with Gasteiger partial charge in [-0.1, -0.05) is 122 Å². The van der Waals surface area contributed by atoms with Crippen LogP contribution < -0.4 is 60.2 Å². The van der Waals surface area contributed by atoms with Crippen molar-refractivity contribution >= 4 is 130 Å². The summed E-state index contributed by atoms with van der Waals surface area (Å²) in [6, 6.07) is 0. The molecule has 0 aromatic heterocycles. The molecule has 0 amide bonds. The van der Waals surface area contributed by atoms with Crippen molar-refractivity contribution in [2.24, 2.45) is 5.84 Å². The van der Waals surface area contributed by atoms with Crippen molar-refractivity contribution in [3.63, 3.8) is 0 Å². The van der Waals surface area contributed by atoms with Crippen LogP contribution in [0.2, 0.25) is 0 Å². The number of hydrogen-bond acceptors (Lipinski definition) is 21. The summed E-state index contributed by atoms with van der Waals surface area (Å²) >= 11 is 10.8. The Bertz CT molecular complexity index is 1060. The quantitative estimate of drug-likeness (QED) is 0.00968. The van der Waals surface area contributed by atoms with Crippen LogP contribution in [0.5, 0.6) is 0 Å². The molecule has 1 aliphatic heterocycles. The molecular formula is C39H99Cl4N6NaO10S10-2. The summed E-state index contributed by atoms with van der Waals surface area (Å²) in [5.74, 6) is 12.7. The van der Waals surface area contributed by atoms with Crippen molar-refractivity contribution < 1.29 is 111 Å². The van der Waals surface area contributed by atoms with Gasteiger partial charge in [0.1, 0.15) is 0 Å². The number of halogens is 4. The van der Waals surface area contributed by atoms with E-state index in [1.165, 1.54) is 37.4 Å². The number of rotatable bonds is 32. The van der Waals surface area contributed by atoms with Crippen molar-refractivity contribution in [2.45, 2.75) is 61.8 Å². The molecule has 0 bridgehead atoms. The minimum Gasteiger partial charge on any atom is -1.00 e. The van der Waals surface area contributed by atoms with E-state index in [1.54, 1.807) is 71.7 Å². The van der Waals surface area contributed by atoms with Gasteiger partial charge < -0.3 is 84.3 Å². The van der Waals surface area contributed by atoms with E-state index < -0.39 is 20.2 Å². The molecule has 0 aromatic carbocycles. The van der Waals surface area contributed by atoms with Gasteiger partial charge in [0.15, 0.2) is 0 Å². The zero-order chi connectivity index (χ0) is 51.3. The van der Waals surface area contributed by atoms with Gasteiger partial charge >= 0.3 is 29.6 Å². The Kier molecular flexibility index (Phi) is 111. The van der Waals surface area contributed by atoms with Crippen LogP contribution in [0.4, 0.5) is 0 Å². The summed E-state index contributed by atoms with van der Waals surface area (Å²) in [5, 5.41) is 23.5. The molecular weight excluding hydrogens is 1200 g/mol. The fourth-order valence-corrected chi connectivity index (χ4v) is 13.6. The van der Waals surface area contributed by atoms with Crippen LogP contribution in [0, 0.1) is 0 Å². The zero-order valence-electron chi connectivity index (χ0n) is 42.7. The molecule has 31 heteroatoms. The summed E-state index contributed by atoms with van der Waals surface area (Å²) in [4.78, 5) is 4.44. The van der Waals surface area contributed by atoms with Gasteiger partial charge in [-0.05, 0) is 41.0 Å². The maximum absolute atomic E-state index is 10.6. The average Bonchev–Trinajstić information content (AvgIpc) is 3.79. The molecule has 0 radical (unpaired) electrons. The number of hydrogen-bond donors (Lipinski definition) is 4. The molecule has 0 aromatic rings. The van der Waals surface area contributed by atoms with Gasteiger partial charge in [-0.25, -0.2) is 16.8 Å². The minimum atomic E-state index is -4.13. The first-order chi connectivity index (χ1) is 30.4. The van der Waals surface area contributed by atoms with Crippen LogP contribution in [0.3, 0.4) is 0 Å². The Labute approximate surface area is 509 Å². The molecule has 1 aliphatic rings. The maximum Gasteiger partial charge on any atom is 1.00 e. The van der Waals surface area contributed by atoms with E-state index in [0.717, 1.165) is 72.6 Å². The van der Waals surface area contributed by atoms with Gasteiger partial charge in [-0.3, -0.25) is 0 Å². The largest absolute Gasteiger partial charge is 1.00 e. The number of ether oxygens (including phenoxy) is 1. The Balaban J connectivity index is -0.0000000648. The van der Waals surface area contributed by atoms with Gasteiger partial charge in [0.2, 0.25) is 0 Å². The van der Waals surface area contributed by atoms with Crippen LogP contribution in [-0.4, -0.2) is 251 Å². The second kappa shape index (κ2) is 77.6. The van der Waals surface area contributed by atoms with Crippen molar-refractivity contribution in [3.05, 3.63) is 5.59 Å². The van der Waals surface area contributed by atoms with Crippen molar-refractivity contribution in [1.82, 2.24) is 9.80 Å². The van der Waals surface area contributed by atoms with Crippen LogP contribution in [0.25, 0.3) is 5.59 Å². The van der Waals surface area contributed by atoms with Crippen molar-refractivity contribution in [3.8, 4) is 0 Å². The standard InChI is InChI=1S/C14H32N2O6S4.C8H20N2S2.C4H8Cl2S2.C4H10O2S2.C4H8O.C2H6.3CH4.2ClH.H3N2O.Na/c1-15(2,7-5-13-25(17,18)19)9-11-23-24-12-10-16(3,4)8-6-14-26(20,21)22;1-9(2)5-7-11-12-8-6-10(3)4;2*5-1-3-7-8-4-2-6;1-2-4-5-3-1;1-2;;;;;;1-2-3;/h5-14H2,1-4H3;5-8H2,1-4H3;1-4H2;5-6H,1-4H2;1-4H2;1-2H3;3*1H4;2*1H;3H,1H2;/q;;;;;;;;;;;-1;+1/p-2/i;;;;;1D;;;;;;;. The first-order valence-corrected chi connectivity index (χ1v) is 34.6. The molecule has 1 fully saturated rings. The molecule has 0 unspecified atom stereocenters. The molecule has 436 valence electrons. The Hall–Kier alpha value is 4.38. The number of nitrogens with zero attached hydrogens (tertiary/aromatic N) is 5. The topological polar surface area (TPSA) is 231 Å². The smallest absolute Gasteiger partial charge is 1.00 e. The maximum atomic E-state index is 10.6. The van der Waals surface area contributed by atoms with Gasteiger partial charge in [0.25, 0.3) is 0 Å². The fraction of sp³-hybridized carbons (Fsp3) is 1.00. The molecule has 5 N–H and O–H groups in total. The number of alkyl halides is 2. The van der Waals surface area contributed by atoms with E-state index >= 15 is 0 Å². The van der Waals surface area contributed by atoms with E-state index in [1.807, 2.05) is 55.4 Å². The first-order valence-electron chi connectivity index (χ1n) is 21.1. The summed E-state index contributed by atoms with van der Waals surface area (Å²) in [7, 11) is 22.5. The second-order valence-corrected chi connectivity index (χ2v) is 29.1. The first kappa shape index (κ1) is 99.7. The van der Waals surface area contributed by atoms with E-state index in [9.17, 15) is 25.9 Å². The van der Waals surface area contributed by atoms with Crippen molar-refractivity contribution in [1.29, 1.82) is 0 Å². The van der Waals surface area contributed by atoms with Crippen LogP contribution >= 0.6 is 110 Å². The third kappa shape index (κ3) is 120. The van der Waals surface area contributed by atoms with Crippen LogP contribution in [0.1, 0.15) is 63.2 Å².